The van der Waals surface area contributed by atoms with E-state index in [0.717, 1.165) is 34.7 Å². The summed E-state index contributed by atoms with van der Waals surface area (Å²) in [5.41, 5.74) is 8.14. The van der Waals surface area contributed by atoms with E-state index in [1.807, 2.05) is 41.1 Å². The van der Waals surface area contributed by atoms with Crippen molar-refractivity contribution in [2.45, 2.75) is 13.0 Å². The van der Waals surface area contributed by atoms with E-state index in [9.17, 15) is 0 Å². The molecular formula is C16H16N4O3. The van der Waals surface area contributed by atoms with Gasteiger partial charge in [0.2, 0.25) is 6.79 Å². The van der Waals surface area contributed by atoms with Crippen molar-refractivity contribution in [3.05, 3.63) is 36.4 Å². The van der Waals surface area contributed by atoms with Crippen LogP contribution in [0.2, 0.25) is 0 Å². The highest BCUT2D eigenvalue weighted by atomic mass is 16.7. The fraction of sp³-hybridized carbons (Fsp3) is 0.250. The molecule has 1 aromatic heterocycles. The average molecular weight is 312 g/mol. The molecule has 0 spiro atoms. The molecule has 0 saturated carbocycles. The van der Waals surface area contributed by atoms with Crippen LogP contribution >= 0.6 is 0 Å². The zero-order valence-corrected chi connectivity index (χ0v) is 12.4. The molecule has 1 aliphatic heterocycles. The van der Waals surface area contributed by atoms with E-state index >= 15 is 0 Å². The van der Waals surface area contributed by atoms with Gasteiger partial charge in [-0.1, -0.05) is 11.3 Å². The molecule has 0 aliphatic carbocycles. The number of aromatic nitrogens is 3. The number of hydrogen-bond acceptors (Lipinski definition) is 6. The molecule has 2 aromatic carbocycles. The normalized spacial score (nSPS) is 12.7. The highest BCUT2D eigenvalue weighted by Crippen LogP contribution is 2.35. The van der Waals surface area contributed by atoms with Gasteiger partial charge in [0, 0.05) is 36.9 Å². The van der Waals surface area contributed by atoms with Crippen molar-refractivity contribution in [1.82, 2.24) is 15.0 Å². The number of aryl methyl sites for hydroxylation is 1. The molecule has 0 amide bonds. The third-order valence-corrected chi connectivity index (χ3v) is 3.65. The van der Waals surface area contributed by atoms with E-state index < -0.39 is 0 Å². The summed E-state index contributed by atoms with van der Waals surface area (Å²) in [6.07, 6.45) is 0.807. The molecule has 7 heteroatoms. The summed E-state index contributed by atoms with van der Waals surface area (Å²) in [5, 5.41) is 8.34. The smallest absolute Gasteiger partial charge is 0.231 e. The van der Waals surface area contributed by atoms with E-state index in [0.29, 0.717) is 18.8 Å². The number of nitrogen functional groups attached to an aromatic ring is 1. The van der Waals surface area contributed by atoms with Gasteiger partial charge < -0.3 is 19.9 Å². The first-order valence-electron chi connectivity index (χ1n) is 7.41. The summed E-state index contributed by atoms with van der Waals surface area (Å²) in [4.78, 5) is 0. The molecule has 7 nitrogen and oxygen atoms in total. The maximum atomic E-state index is 5.72. The van der Waals surface area contributed by atoms with Crippen LogP contribution in [0.3, 0.4) is 0 Å². The minimum absolute atomic E-state index is 0.253. The first-order valence-corrected chi connectivity index (χ1v) is 7.41. The Balaban J connectivity index is 1.40. The van der Waals surface area contributed by atoms with Gasteiger partial charge in [-0.25, -0.2) is 4.68 Å². The summed E-state index contributed by atoms with van der Waals surface area (Å²) in [6.45, 7) is 1.54. The van der Waals surface area contributed by atoms with Gasteiger partial charge in [0.15, 0.2) is 11.5 Å². The van der Waals surface area contributed by atoms with Gasteiger partial charge in [0.1, 0.15) is 11.3 Å². The lowest BCUT2D eigenvalue weighted by molar-refractivity contribution is 0.174. The second-order valence-corrected chi connectivity index (χ2v) is 5.28. The van der Waals surface area contributed by atoms with Gasteiger partial charge in [0.05, 0.1) is 12.1 Å². The average Bonchev–Trinajstić information content (AvgIpc) is 3.16. The van der Waals surface area contributed by atoms with Crippen molar-refractivity contribution in [3.63, 3.8) is 0 Å². The number of nitrogens with zero attached hydrogens (tertiary/aromatic N) is 3. The molecule has 0 atom stereocenters. The van der Waals surface area contributed by atoms with Crippen LogP contribution < -0.4 is 19.9 Å². The standard InChI is InChI=1S/C16H16N4O3/c17-11-3-1-4-12(7-11)21-6-2-5-20-14-9-16-15(22-10-23-16)8-13(14)18-19-20/h1,3-4,7-9H,2,5-6,10,17H2. The fourth-order valence-corrected chi connectivity index (χ4v) is 2.53. The Morgan fingerprint density at radius 3 is 2.91 bits per heavy atom. The minimum Gasteiger partial charge on any atom is -0.493 e. The number of hydrogen-bond donors (Lipinski definition) is 1. The summed E-state index contributed by atoms with van der Waals surface area (Å²) in [7, 11) is 0. The van der Waals surface area contributed by atoms with Crippen LogP contribution in [0.25, 0.3) is 11.0 Å². The zero-order valence-electron chi connectivity index (χ0n) is 12.4. The molecule has 4 rings (SSSR count). The Morgan fingerprint density at radius 2 is 2.04 bits per heavy atom. The van der Waals surface area contributed by atoms with Crippen LogP contribution in [0.4, 0.5) is 5.69 Å². The quantitative estimate of drug-likeness (QED) is 0.574. The molecule has 2 heterocycles. The van der Waals surface area contributed by atoms with Gasteiger partial charge in [-0.2, -0.15) is 0 Å². The number of fused-ring (bicyclic) bond motifs is 2. The maximum Gasteiger partial charge on any atom is 0.231 e. The molecule has 2 N–H and O–H groups in total. The molecule has 1 aliphatic rings. The van der Waals surface area contributed by atoms with Crippen molar-refractivity contribution >= 4 is 16.7 Å². The molecule has 23 heavy (non-hydrogen) atoms. The van der Waals surface area contributed by atoms with E-state index in [4.69, 9.17) is 19.9 Å². The number of nitrogens with two attached hydrogens (primary N) is 1. The molecule has 0 unspecified atom stereocenters. The lowest BCUT2D eigenvalue weighted by Crippen LogP contribution is -2.06. The summed E-state index contributed by atoms with van der Waals surface area (Å²) < 4.78 is 18.3. The van der Waals surface area contributed by atoms with Gasteiger partial charge in [-0.3, -0.25) is 0 Å². The van der Waals surface area contributed by atoms with E-state index in [-0.39, 0.29) is 6.79 Å². The molecule has 3 aromatic rings. The highest BCUT2D eigenvalue weighted by molar-refractivity contribution is 5.79. The third-order valence-electron chi connectivity index (χ3n) is 3.65. The SMILES string of the molecule is Nc1cccc(OCCCn2nnc3cc4c(cc32)OCO4)c1. The van der Waals surface area contributed by atoms with Crippen molar-refractivity contribution in [3.8, 4) is 17.2 Å². The number of benzene rings is 2. The fourth-order valence-electron chi connectivity index (χ4n) is 2.53. The van der Waals surface area contributed by atoms with Gasteiger partial charge in [0.25, 0.3) is 0 Å². The summed E-state index contributed by atoms with van der Waals surface area (Å²) in [5.74, 6) is 2.23. The Kier molecular flexibility index (Phi) is 3.38. The second-order valence-electron chi connectivity index (χ2n) is 5.28. The topological polar surface area (TPSA) is 84.4 Å². The van der Waals surface area contributed by atoms with E-state index in [2.05, 4.69) is 10.3 Å². The molecular weight excluding hydrogens is 296 g/mol. The third kappa shape index (κ3) is 2.73. The predicted molar refractivity (Wildman–Crippen MR) is 84.6 cm³/mol. The first-order chi connectivity index (χ1) is 11.3. The largest absolute Gasteiger partial charge is 0.493 e. The van der Waals surface area contributed by atoms with Crippen LogP contribution in [-0.4, -0.2) is 28.4 Å². The van der Waals surface area contributed by atoms with Crippen molar-refractivity contribution in [2.24, 2.45) is 0 Å². The van der Waals surface area contributed by atoms with Crippen LogP contribution in [0.15, 0.2) is 36.4 Å². The molecule has 0 saturated heterocycles. The Labute approximate surface area is 132 Å². The number of anilines is 1. The van der Waals surface area contributed by atoms with Crippen LogP contribution in [-0.2, 0) is 6.54 Å². The van der Waals surface area contributed by atoms with Gasteiger partial charge >= 0.3 is 0 Å². The summed E-state index contributed by atoms with van der Waals surface area (Å²) in [6, 6.07) is 11.2. The van der Waals surface area contributed by atoms with Crippen molar-refractivity contribution < 1.29 is 14.2 Å². The minimum atomic E-state index is 0.253. The van der Waals surface area contributed by atoms with Crippen LogP contribution in [0, 0.1) is 0 Å². The van der Waals surface area contributed by atoms with Crippen molar-refractivity contribution in [2.75, 3.05) is 19.1 Å². The summed E-state index contributed by atoms with van der Waals surface area (Å²) >= 11 is 0. The lowest BCUT2D eigenvalue weighted by Gasteiger charge is -2.07. The van der Waals surface area contributed by atoms with E-state index in [1.165, 1.54) is 0 Å². The first kappa shape index (κ1) is 13.7. The van der Waals surface area contributed by atoms with Gasteiger partial charge in [-0.05, 0) is 12.1 Å². The monoisotopic (exact) mass is 312 g/mol. The van der Waals surface area contributed by atoms with Crippen LogP contribution in [0.1, 0.15) is 6.42 Å². The second kappa shape index (κ2) is 5.68. The Hall–Kier alpha value is -2.96. The predicted octanol–water partition coefficient (Wildman–Crippen LogP) is 2.21. The maximum absolute atomic E-state index is 5.72. The Morgan fingerprint density at radius 1 is 1.17 bits per heavy atom. The highest BCUT2D eigenvalue weighted by Gasteiger charge is 2.17. The number of rotatable bonds is 5. The van der Waals surface area contributed by atoms with Crippen LogP contribution in [0.5, 0.6) is 17.2 Å². The number of ether oxygens (including phenoxy) is 3. The molecule has 0 fully saturated rings. The zero-order chi connectivity index (χ0) is 15.6. The van der Waals surface area contributed by atoms with Gasteiger partial charge in [-0.15, -0.1) is 5.10 Å². The van der Waals surface area contributed by atoms with E-state index in [1.54, 1.807) is 0 Å². The molecule has 118 valence electrons. The molecule has 0 bridgehead atoms. The lowest BCUT2D eigenvalue weighted by atomic mass is 10.2. The molecule has 0 radical (unpaired) electrons. The van der Waals surface area contributed by atoms with Crippen molar-refractivity contribution in [1.29, 1.82) is 0 Å². The Bertz CT molecular complexity index is 846.